The Morgan fingerprint density at radius 2 is 1.86 bits per heavy atom. The Kier molecular flexibility index (Phi) is 4.21. The smallest absolute Gasteiger partial charge is 0.291 e. The summed E-state index contributed by atoms with van der Waals surface area (Å²) < 4.78 is 25.9. The molecule has 1 aromatic heterocycles. The van der Waals surface area contributed by atoms with E-state index < -0.39 is 14.6 Å². The predicted octanol–water partition coefficient (Wildman–Crippen LogP) is 3.70. The van der Waals surface area contributed by atoms with Crippen molar-refractivity contribution in [3.05, 3.63) is 28.2 Å². The minimum atomic E-state index is -3.98. The van der Waals surface area contributed by atoms with Crippen LogP contribution in [0.2, 0.25) is 0 Å². The zero-order valence-corrected chi connectivity index (χ0v) is 15.2. The van der Waals surface area contributed by atoms with E-state index in [0.29, 0.717) is 5.82 Å². The second kappa shape index (κ2) is 5.37. The van der Waals surface area contributed by atoms with E-state index in [2.05, 4.69) is 26.1 Å². The molecule has 0 aliphatic rings. The van der Waals surface area contributed by atoms with Crippen LogP contribution in [0.25, 0.3) is 11.4 Å². The third-order valence-corrected chi connectivity index (χ3v) is 4.57. The molecule has 0 spiro atoms. The third kappa shape index (κ3) is 3.30. The first kappa shape index (κ1) is 16.5. The lowest BCUT2D eigenvalue weighted by atomic mass is 10.1. The summed E-state index contributed by atoms with van der Waals surface area (Å²) in [6.07, 6.45) is 0. The Bertz CT molecular complexity index is 794. The van der Waals surface area contributed by atoms with E-state index in [-0.39, 0.29) is 5.16 Å². The molecule has 114 valence electrons. The molecule has 0 N–H and O–H groups in total. The molecule has 0 saturated heterocycles. The number of nitrogens with zero attached hydrogens (tertiary/aromatic N) is 3. The fraction of sp³-hybridized carbons (Fsp3) is 0.385. The van der Waals surface area contributed by atoms with Crippen molar-refractivity contribution in [2.75, 3.05) is 0 Å². The second-order valence-corrected chi connectivity index (χ2v) is 9.08. The average Bonchev–Trinajstić information content (AvgIpc) is 2.76. The van der Waals surface area contributed by atoms with Gasteiger partial charge in [0.1, 0.15) is 0 Å². The molecule has 0 bridgehead atoms. The molecule has 2 rings (SSSR count). The number of benzene rings is 1. The molecule has 0 aliphatic heterocycles. The van der Waals surface area contributed by atoms with Gasteiger partial charge in [-0.25, -0.2) is 8.42 Å². The molecule has 1 aromatic carbocycles. The van der Waals surface area contributed by atoms with Crippen molar-refractivity contribution >= 4 is 35.7 Å². The molecule has 8 heteroatoms. The summed E-state index contributed by atoms with van der Waals surface area (Å²) in [7, 11) is 1.50. The topological polar surface area (TPSA) is 64.8 Å². The molecule has 0 atom stereocenters. The summed E-state index contributed by atoms with van der Waals surface area (Å²) in [5.41, 5.74) is 1.23. The average molecular weight is 393 g/mol. The highest BCUT2D eigenvalue weighted by Crippen LogP contribution is 2.32. The first-order chi connectivity index (χ1) is 9.51. The molecule has 0 radical (unpaired) electrons. The van der Waals surface area contributed by atoms with Gasteiger partial charge in [-0.3, -0.25) is 4.57 Å². The Hall–Kier alpha value is -0.920. The summed E-state index contributed by atoms with van der Waals surface area (Å²) >= 11 is 3.41. The molecule has 21 heavy (non-hydrogen) atoms. The monoisotopic (exact) mass is 391 g/mol. The molecule has 2 aromatic rings. The van der Waals surface area contributed by atoms with Crippen LogP contribution < -0.4 is 0 Å². The fourth-order valence-electron chi connectivity index (χ4n) is 2.04. The van der Waals surface area contributed by atoms with E-state index in [9.17, 15) is 8.42 Å². The van der Waals surface area contributed by atoms with Gasteiger partial charge in [0, 0.05) is 26.3 Å². The lowest BCUT2D eigenvalue weighted by molar-refractivity contribution is 0.367. The van der Waals surface area contributed by atoms with Gasteiger partial charge in [-0.15, -0.1) is 10.2 Å². The highest BCUT2D eigenvalue weighted by Gasteiger charge is 2.30. The van der Waals surface area contributed by atoms with Crippen LogP contribution in [-0.4, -0.2) is 23.2 Å². The molecule has 0 unspecified atom stereocenters. The highest BCUT2D eigenvalue weighted by atomic mass is 79.9. The molecule has 0 fully saturated rings. The van der Waals surface area contributed by atoms with Crippen LogP contribution in [0, 0.1) is 6.92 Å². The summed E-state index contributed by atoms with van der Waals surface area (Å²) in [6.45, 7) is 7.55. The number of aromatic nitrogens is 3. The molecule has 5 nitrogen and oxygen atoms in total. The lowest BCUT2D eigenvalue weighted by Crippen LogP contribution is -2.26. The normalized spacial score (nSPS) is 12.7. The van der Waals surface area contributed by atoms with Crippen molar-refractivity contribution in [1.29, 1.82) is 0 Å². The Morgan fingerprint density at radius 3 is 2.38 bits per heavy atom. The van der Waals surface area contributed by atoms with Crippen molar-refractivity contribution in [1.82, 2.24) is 14.8 Å². The van der Waals surface area contributed by atoms with E-state index in [4.69, 9.17) is 10.7 Å². The van der Waals surface area contributed by atoms with Crippen molar-refractivity contribution in [3.63, 3.8) is 0 Å². The number of halogens is 2. The second-order valence-electron chi connectivity index (χ2n) is 5.71. The number of hydrogen-bond donors (Lipinski definition) is 0. The van der Waals surface area contributed by atoms with Gasteiger partial charge in [-0.05, 0) is 45.4 Å². The number of rotatable bonds is 2. The van der Waals surface area contributed by atoms with Gasteiger partial charge in [0.2, 0.25) is 0 Å². The van der Waals surface area contributed by atoms with Crippen LogP contribution in [0.1, 0.15) is 26.3 Å². The molecular formula is C13H15BrClN3O2S. The van der Waals surface area contributed by atoms with Crippen LogP contribution in [0.5, 0.6) is 0 Å². The van der Waals surface area contributed by atoms with Gasteiger partial charge in [0.05, 0.1) is 0 Å². The Morgan fingerprint density at radius 1 is 1.24 bits per heavy atom. The van der Waals surface area contributed by atoms with Gasteiger partial charge < -0.3 is 0 Å². The highest BCUT2D eigenvalue weighted by molar-refractivity contribution is 9.10. The minimum absolute atomic E-state index is 0.244. The van der Waals surface area contributed by atoms with Gasteiger partial charge >= 0.3 is 0 Å². The van der Waals surface area contributed by atoms with Crippen LogP contribution in [0.4, 0.5) is 0 Å². The SMILES string of the molecule is Cc1ccc(Br)cc1-c1nnc(S(=O)(=O)Cl)n1C(C)(C)C. The van der Waals surface area contributed by atoms with E-state index >= 15 is 0 Å². The summed E-state index contributed by atoms with van der Waals surface area (Å²) in [5, 5.41) is 7.58. The van der Waals surface area contributed by atoms with Crippen molar-refractivity contribution in [2.24, 2.45) is 0 Å². The zero-order chi connectivity index (χ0) is 16.0. The maximum atomic E-state index is 11.7. The summed E-state index contributed by atoms with van der Waals surface area (Å²) in [4.78, 5) is 0. The Balaban J connectivity index is 2.83. The zero-order valence-electron chi connectivity index (χ0n) is 12.1. The molecule has 0 amide bonds. The Labute approximate surface area is 136 Å². The molecule has 1 heterocycles. The number of hydrogen-bond acceptors (Lipinski definition) is 4. The van der Waals surface area contributed by atoms with Crippen LogP contribution >= 0.6 is 26.6 Å². The van der Waals surface area contributed by atoms with Gasteiger partial charge in [-0.1, -0.05) is 22.0 Å². The summed E-state index contributed by atoms with van der Waals surface area (Å²) in [6, 6.07) is 5.72. The molecular weight excluding hydrogens is 378 g/mol. The quantitative estimate of drug-likeness (QED) is 0.731. The lowest BCUT2D eigenvalue weighted by Gasteiger charge is -2.24. The van der Waals surface area contributed by atoms with E-state index in [1.54, 1.807) is 4.57 Å². The van der Waals surface area contributed by atoms with Crippen molar-refractivity contribution in [3.8, 4) is 11.4 Å². The van der Waals surface area contributed by atoms with E-state index in [1.165, 1.54) is 0 Å². The van der Waals surface area contributed by atoms with E-state index in [1.807, 2.05) is 45.9 Å². The fourth-order valence-corrected chi connectivity index (χ4v) is 3.42. The minimum Gasteiger partial charge on any atom is -0.291 e. The van der Waals surface area contributed by atoms with E-state index in [0.717, 1.165) is 15.6 Å². The maximum absolute atomic E-state index is 11.7. The van der Waals surface area contributed by atoms with Gasteiger partial charge in [-0.2, -0.15) is 0 Å². The first-order valence-electron chi connectivity index (χ1n) is 6.19. The predicted molar refractivity (Wildman–Crippen MR) is 85.9 cm³/mol. The maximum Gasteiger partial charge on any atom is 0.296 e. The molecule has 0 aliphatic carbocycles. The molecule has 0 saturated carbocycles. The van der Waals surface area contributed by atoms with Gasteiger partial charge in [0.15, 0.2) is 5.82 Å². The largest absolute Gasteiger partial charge is 0.296 e. The van der Waals surface area contributed by atoms with Crippen molar-refractivity contribution < 1.29 is 8.42 Å². The van der Waals surface area contributed by atoms with Crippen molar-refractivity contribution in [2.45, 2.75) is 38.4 Å². The first-order valence-corrected chi connectivity index (χ1v) is 9.29. The van der Waals surface area contributed by atoms with Crippen LogP contribution in [0.15, 0.2) is 27.8 Å². The van der Waals surface area contributed by atoms with Crippen LogP contribution in [-0.2, 0) is 14.6 Å². The summed E-state index contributed by atoms with van der Waals surface area (Å²) in [5.74, 6) is 0.473. The number of aryl methyl sites for hydroxylation is 1. The van der Waals surface area contributed by atoms with Gasteiger partial charge in [0.25, 0.3) is 14.2 Å². The van der Waals surface area contributed by atoms with Crippen LogP contribution in [0.3, 0.4) is 0 Å². The standard InChI is InChI=1S/C13H15BrClN3O2S/c1-8-5-6-9(14)7-10(8)11-16-17-12(21(15,19)20)18(11)13(2,3)4/h5-7H,1-4H3. The third-order valence-electron chi connectivity index (χ3n) is 2.96.